The predicted molar refractivity (Wildman–Crippen MR) is 97.1 cm³/mol. The first-order chi connectivity index (χ1) is 11.6. The Morgan fingerprint density at radius 1 is 1.08 bits per heavy atom. The first-order valence-corrected chi connectivity index (χ1v) is 8.64. The summed E-state index contributed by atoms with van der Waals surface area (Å²) < 4.78 is 28.0. The van der Waals surface area contributed by atoms with E-state index in [-0.39, 0.29) is 12.1 Å². The third-order valence-corrected chi connectivity index (χ3v) is 4.92. The highest BCUT2D eigenvalue weighted by Gasteiger charge is 2.19. The van der Waals surface area contributed by atoms with E-state index < -0.39 is 11.7 Å². The van der Waals surface area contributed by atoms with Crippen molar-refractivity contribution in [3.8, 4) is 0 Å². The Kier molecular flexibility index (Phi) is 5.17. The van der Waals surface area contributed by atoms with Crippen LogP contribution in [0.1, 0.15) is 39.0 Å². The van der Waals surface area contributed by atoms with Crippen molar-refractivity contribution in [3.63, 3.8) is 0 Å². The molecule has 3 rings (SSSR count). The van der Waals surface area contributed by atoms with Crippen molar-refractivity contribution < 1.29 is 8.78 Å². The lowest BCUT2D eigenvalue weighted by atomic mass is 9.86. The summed E-state index contributed by atoms with van der Waals surface area (Å²) in [6.45, 7) is 2.30. The smallest absolute Gasteiger partial charge is 0.152 e. The van der Waals surface area contributed by atoms with E-state index in [1.54, 1.807) is 0 Å². The zero-order valence-corrected chi connectivity index (χ0v) is 14.4. The highest BCUT2D eigenvalue weighted by atomic mass is 32.1. The Balaban J connectivity index is 1.96. The maximum atomic E-state index is 14.0. The van der Waals surface area contributed by atoms with Gasteiger partial charge in [0.2, 0.25) is 0 Å². The highest BCUT2D eigenvalue weighted by molar-refractivity contribution is 7.78. The molecule has 2 aliphatic carbocycles. The van der Waals surface area contributed by atoms with Gasteiger partial charge in [-0.1, -0.05) is 36.8 Å². The first kappa shape index (κ1) is 16.9. The molecule has 0 spiro atoms. The summed E-state index contributed by atoms with van der Waals surface area (Å²) in [6, 6.07) is 8.01. The Hall–Kier alpha value is -1.90. The average molecular weight is 343 g/mol. The molecule has 124 valence electrons. The molecule has 1 fully saturated rings. The van der Waals surface area contributed by atoms with E-state index in [9.17, 15) is 8.78 Å². The molecule has 1 aromatic rings. The molecule has 0 N–H and O–H groups in total. The van der Waals surface area contributed by atoms with Gasteiger partial charge in [-0.05, 0) is 65.9 Å². The summed E-state index contributed by atoms with van der Waals surface area (Å²) in [5.41, 5.74) is 1.76. The second kappa shape index (κ2) is 7.33. The van der Waals surface area contributed by atoms with Crippen LogP contribution in [0.4, 0.5) is 8.78 Å². The zero-order chi connectivity index (χ0) is 17.1. The zero-order valence-electron chi connectivity index (χ0n) is 13.6. The molecular formula is C20H19F2NS. The molecule has 0 radical (unpaired) electrons. The molecule has 0 amide bonds. The van der Waals surface area contributed by atoms with Gasteiger partial charge in [0.1, 0.15) is 11.5 Å². The molecule has 0 heterocycles. The van der Waals surface area contributed by atoms with Gasteiger partial charge in [0.05, 0.1) is 5.16 Å². The fourth-order valence-electron chi connectivity index (χ4n) is 3.32. The predicted octanol–water partition coefficient (Wildman–Crippen LogP) is 4.74. The van der Waals surface area contributed by atoms with Gasteiger partial charge in [-0.15, -0.1) is 0 Å². The van der Waals surface area contributed by atoms with Crippen LogP contribution in [0.15, 0.2) is 52.7 Å². The normalized spacial score (nSPS) is 21.5. The monoisotopic (exact) mass is 343 g/mol. The second-order valence-corrected chi connectivity index (χ2v) is 6.70. The minimum atomic E-state index is -0.703. The molecule has 2 aliphatic rings. The molecule has 0 atom stereocenters. The van der Waals surface area contributed by atoms with Crippen molar-refractivity contribution in [1.82, 2.24) is 0 Å². The Morgan fingerprint density at radius 3 is 2.29 bits per heavy atom. The minimum Gasteiger partial charge on any atom is -0.209 e. The molecule has 24 heavy (non-hydrogen) atoms. The lowest BCUT2D eigenvalue weighted by Gasteiger charge is -2.20. The summed E-state index contributed by atoms with van der Waals surface area (Å²) >= 11 is 4.42. The van der Waals surface area contributed by atoms with Gasteiger partial charge in [0.25, 0.3) is 0 Å². The molecule has 0 aromatic heterocycles. The van der Waals surface area contributed by atoms with Crippen LogP contribution in [0.3, 0.4) is 0 Å². The standard InChI is InChI=1S/C20H19F2NS/c1-13-2-4-14(5-3-13)15-6-8-16(9-7-15)17-10-18(21)20(23-12-24)19(22)11-17/h6-10,13H,2-5,11H2,1H3. The fraction of sp³-hybridized carbons (Fsp3) is 0.350. The number of hydrogen-bond donors (Lipinski definition) is 0. The van der Waals surface area contributed by atoms with Crippen molar-refractivity contribution >= 4 is 28.5 Å². The summed E-state index contributed by atoms with van der Waals surface area (Å²) in [6.07, 6.45) is 6.11. The number of thiocarbonyl (C=S) groups is 1. The molecule has 0 saturated heterocycles. The molecule has 4 heteroatoms. The summed E-state index contributed by atoms with van der Waals surface area (Å²) in [5, 5.41) is 4.09. The maximum Gasteiger partial charge on any atom is 0.152 e. The number of aliphatic imine (C=N–C) groups is 1. The van der Waals surface area contributed by atoms with Gasteiger partial charge in [0.15, 0.2) is 5.83 Å². The quantitative estimate of drug-likeness (QED) is 0.530. The van der Waals surface area contributed by atoms with Crippen molar-refractivity contribution in [1.29, 1.82) is 0 Å². The van der Waals surface area contributed by atoms with Crippen LogP contribution >= 0.6 is 12.2 Å². The molecule has 0 aliphatic heterocycles. The van der Waals surface area contributed by atoms with Crippen molar-refractivity contribution in [3.05, 3.63) is 58.1 Å². The second-order valence-electron chi connectivity index (χ2n) is 6.51. The van der Waals surface area contributed by atoms with Gasteiger partial charge in [-0.2, -0.15) is 4.99 Å². The Morgan fingerprint density at radius 2 is 1.71 bits per heavy atom. The van der Waals surface area contributed by atoms with Crippen LogP contribution in [0, 0.1) is 5.92 Å². The van der Waals surface area contributed by atoms with Gasteiger partial charge >= 0.3 is 0 Å². The minimum absolute atomic E-state index is 0.0245. The van der Waals surface area contributed by atoms with E-state index in [0.717, 1.165) is 24.0 Å². The highest BCUT2D eigenvalue weighted by Crippen LogP contribution is 2.31. The van der Waals surface area contributed by atoms with E-state index in [4.69, 9.17) is 0 Å². The number of hydrogen-bond acceptors (Lipinski definition) is 2. The summed E-state index contributed by atoms with van der Waals surface area (Å²) in [7, 11) is 0. The van der Waals surface area contributed by atoms with Crippen molar-refractivity contribution in [2.45, 2.75) is 39.0 Å². The molecule has 1 nitrogen and oxygen atoms in total. The number of halogens is 2. The number of nitrogens with zero attached hydrogens (tertiary/aromatic N) is 1. The molecule has 0 bridgehead atoms. The van der Waals surface area contributed by atoms with Gasteiger partial charge in [-0.3, -0.25) is 0 Å². The topological polar surface area (TPSA) is 12.4 Å². The van der Waals surface area contributed by atoms with E-state index in [1.807, 2.05) is 17.3 Å². The molecule has 1 aromatic carbocycles. The molecular weight excluding hydrogens is 324 g/mol. The summed E-state index contributed by atoms with van der Waals surface area (Å²) in [5.74, 6) is -0.509. The van der Waals surface area contributed by atoms with E-state index in [1.165, 1.54) is 29.7 Å². The number of isothiocyanates is 1. The number of rotatable bonds is 1. The first-order valence-electron chi connectivity index (χ1n) is 8.24. The van der Waals surface area contributed by atoms with Crippen molar-refractivity contribution in [2.75, 3.05) is 0 Å². The number of benzene rings is 1. The van der Waals surface area contributed by atoms with E-state index >= 15 is 0 Å². The Labute approximate surface area is 145 Å². The third kappa shape index (κ3) is 3.61. The van der Waals surface area contributed by atoms with Gasteiger partial charge in [-0.25, -0.2) is 8.78 Å². The lowest BCUT2D eigenvalue weighted by molar-refractivity contribution is 0.470. The molecule has 0 unspecified atom stereocenters. The van der Waals surface area contributed by atoms with Crippen LogP contribution in [0.25, 0.3) is 11.1 Å². The summed E-state index contributed by atoms with van der Waals surface area (Å²) in [4.78, 5) is 3.46. The van der Waals surface area contributed by atoms with Crippen LogP contribution in [0.2, 0.25) is 0 Å². The van der Waals surface area contributed by atoms with Crippen LogP contribution < -0.4 is 10.4 Å². The lowest BCUT2D eigenvalue weighted by Crippen LogP contribution is -2.16. The van der Waals surface area contributed by atoms with Crippen LogP contribution in [-0.2, 0) is 0 Å². The Bertz CT molecular complexity index is 855. The van der Waals surface area contributed by atoms with Crippen molar-refractivity contribution in [2.24, 2.45) is 10.9 Å². The SMILES string of the molecule is CC1CCC(=c2ccc(=C3C=C(F)C(N=C=S)=C(F)C3)cc2)CC1. The van der Waals surface area contributed by atoms with E-state index in [2.05, 4.69) is 36.3 Å². The van der Waals surface area contributed by atoms with Gasteiger partial charge < -0.3 is 0 Å². The van der Waals surface area contributed by atoms with Gasteiger partial charge in [0, 0.05) is 6.42 Å². The van der Waals surface area contributed by atoms with Crippen LogP contribution in [0.5, 0.6) is 0 Å². The third-order valence-electron chi connectivity index (χ3n) is 4.83. The largest absolute Gasteiger partial charge is 0.209 e. The maximum absolute atomic E-state index is 14.0. The number of allylic oxidation sites excluding steroid dienone is 3. The fourth-order valence-corrected chi connectivity index (χ4v) is 3.41. The molecule has 1 saturated carbocycles. The average Bonchev–Trinajstić information content (AvgIpc) is 2.59. The van der Waals surface area contributed by atoms with Crippen LogP contribution in [-0.4, -0.2) is 5.16 Å². The van der Waals surface area contributed by atoms with E-state index in [0.29, 0.717) is 5.57 Å².